The predicted molar refractivity (Wildman–Crippen MR) is 49.7 cm³/mol. The molecule has 76 valence electrons. The quantitative estimate of drug-likeness (QED) is 0.520. The predicted octanol–water partition coefficient (Wildman–Crippen LogP) is -0.895. The Balaban J connectivity index is 3.58. The summed E-state index contributed by atoms with van der Waals surface area (Å²) in [5.74, 6) is -0.738. The first kappa shape index (κ1) is 11.9. The van der Waals surface area contributed by atoms with Crippen LogP contribution >= 0.6 is 0 Å². The molecule has 0 unspecified atom stereocenters. The lowest BCUT2D eigenvalue weighted by Gasteiger charge is -2.17. The first-order valence-electron chi connectivity index (χ1n) is 4.15. The Kier molecular flexibility index (Phi) is 4.40. The van der Waals surface area contributed by atoms with E-state index < -0.39 is 5.91 Å². The number of primary amides is 1. The molecule has 2 amide bonds. The zero-order valence-electron chi connectivity index (χ0n) is 8.09. The first-order valence-corrected chi connectivity index (χ1v) is 4.15. The smallest absolute Gasteiger partial charge is 0.236 e. The van der Waals surface area contributed by atoms with Crippen LogP contribution in [0.1, 0.15) is 26.7 Å². The van der Waals surface area contributed by atoms with Crippen LogP contribution in [0.2, 0.25) is 0 Å². The van der Waals surface area contributed by atoms with Crippen LogP contribution in [-0.4, -0.2) is 23.9 Å². The lowest BCUT2D eigenvalue weighted by Crippen LogP contribution is -2.37. The molecule has 0 aromatic carbocycles. The summed E-state index contributed by atoms with van der Waals surface area (Å²) in [6.45, 7) is 3.58. The van der Waals surface area contributed by atoms with Gasteiger partial charge in [-0.25, -0.2) is 0 Å². The second-order valence-electron chi connectivity index (χ2n) is 3.73. The van der Waals surface area contributed by atoms with Gasteiger partial charge in [-0.1, -0.05) is 0 Å². The molecule has 0 saturated heterocycles. The van der Waals surface area contributed by atoms with E-state index in [0.29, 0.717) is 12.8 Å². The Morgan fingerprint density at radius 1 is 1.38 bits per heavy atom. The molecule has 5 heteroatoms. The van der Waals surface area contributed by atoms with Crippen molar-refractivity contribution in [3.63, 3.8) is 0 Å². The van der Waals surface area contributed by atoms with Gasteiger partial charge in [0.1, 0.15) is 0 Å². The van der Waals surface area contributed by atoms with Gasteiger partial charge in [0.15, 0.2) is 0 Å². The number of hydrogen-bond donors (Lipinski definition) is 3. The third kappa shape index (κ3) is 8.81. The van der Waals surface area contributed by atoms with Gasteiger partial charge in [-0.2, -0.15) is 0 Å². The minimum Gasteiger partial charge on any atom is -0.368 e. The van der Waals surface area contributed by atoms with E-state index in [2.05, 4.69) is 5.32 Å². The third-order valence-electron chi connectivity index (χ3n) is 1.46. The van der Waals surface area contributed by atoms with E-state index >= 15 is 0 Å². The number of amides is 2. The van der Waals surface area contributed by atoms with Crippen LogP contribution in [0.5, 0.6) is 0 Å². The maximum Gasteiger partial charge on any atom is 0.236 e. The molecule has 0 fully saturated rings. The molecule has 0 aromatic heterocycles. The van der Waals surface area contributed by atoms with Gasteiger partial charge >= 0.3 is 0 Å². The standard InChI is InChI=1S/C8H17N3O2/c1-8(2,10)4-3-7(13)11-5-6(9)12/h3-5,10H2,1-2H3,(H2,9,12)(H,11,13). The fourth-order valence-corrected chi connectivity index (χ4v) is 0.710. The summed E-state index contributed by atoms with van der Waals surface area (Å²) in [7, 11) is 0. The van der Waals surface area contributed by atoms with Crippen molar-refractivity contribution < 1.29 is 9.59 Å². The highest BCUT2D eigenvalue weighted by atomic mass is 16.2. The van der Waals surface area contributed by atoms with E-state index in [4.69, 9.17) is 11.5 Å². The maximum absolute atomic E-state index is 11.0. The topological polar surface area (TPSA) is 98.2 Å². The van der Waals surface area contributed by atoms with Crippen molar-refractivity contribution in [3.05, 3.63) is 0 Å². The number of hydrogen-bond acceptors (Lipinski definition) is 3. The molecule has 5 N–H and O–H groups in total. The summed E-state index contributed by atoms with van der Waals surface area (Å²) in [6.07, 6.45) is 0.897. The average molecular weight is 187 g/mol. The lowest BCUT2D eigenvalue weighted by molar-refractivity contribution is -0.125. The van der Waals surface area contributed by atoms with Crippen LogP contribution in [-0.2, 0) is 9.59 Å². The molecule has 0 aliphatic rings. The zero-order chi connectivity index (χ0) is 10.5. The molecule has 0 bridgehead atoms. The van der Waals surface area contributed by atoms with E-state index in [-0.39, 0.29) is 18.0 Å². The van der Waals surface area contributed by atoms with Gasteiger partial charge < -0.3 is 16.8 Å². The van der Waals surface area contributed by atoms with Gasteiger partial charge in [0, 0.05) is 12.0 Å². The van der Waals surface area contributed by atoms with Crippen molar-refractivity contribution in [2.75, 3.05) is 6.54 Å². The Morgan fingerprint density at radius 2 is 1.92 bits per heavy atom. The van der Waals surface area contributed by atoms with Gasteiger partial charge in [-0.15, -0.1) is 0 Å². The third-order valence-corrected chi connectivity index (χ3v) is 1.46. The van der Waals surface area contributed by atoms with Crippen molar-refractivity contribution in [2.45, 2.75) is 32.2 Å². The summed E-state index contributed by atoms with van der Waals surface area (Å²) >= 11 is 0. The van der Waals surface area contributed by atoms with Gasteiger partial charge in [-0.05, 0) is 20.3 Å². The number of rotatable bonds is 5. The zero-order valence-corrected chi connectivity index (χ0v) is 8.09. The van der Waals surface area contributed by atoms with E-state index in [9.17, 15) is 9.59 Å². The van der Waals surface area contributed by atoms with Crippen LogP contribution in [0.15, 0.2) is 0 Å². The van der Waals surface area contributed by atoms with Crippen LogP contribution in [0, 0.1) is 0 Å². The Hall–Kier alpha value is -1.10. The highest BCUT2D eigenvalue weighted by molar-refractivity contribution is 5.83. The Labute approximate surface area is 77.8 Å². The molecule has 0 aromatic rings. The van der Waals surface area contributed by atoms with Crippen LogP contribution < -0.4 is 16.8 Å². The minimum atomic E-state index is -0.541. The molecule has 5 nitrogen and oxygen atoms in total. The normalized spacial score (nSPS) is 11.0. The van der Waals surface area contributed by atoms with E-state index in [1.165, 1.54) is 0 Å². The molecule has 0 aliphatic carbocycles. The fraction of sp³-hybridized carbons (Fsp3) is 0.750. The van der Waals surface area contributed by atoms with Gasteiger partial charge in [0.2, 0.25) is 11.8 Å². The number of carbonyl (C=O) groups excluding carboxylic acids is 2. The average Bonchev–Trinajstić information content (AvgIpc) is 1.95. The number of carbonyl (C=O) groups is 2. The monoisotopic (exact) mass is 187 g/mol. The first-order chi connectivity index (χ1) is 5.81. The summed E-state index contributed by atoms with van der Waals surface area (Å²) < 4.78 is 0. The SMILES string of the molecule is CC(C)(N)CCC(=O)NCC(N)=O. The maximum atomic E-state index is 11.0. The van der Waals surface area contributed by atoms with E-state index in [1.807, 2.05) is 13.8 Å². The molecule has 13 heavy (non-hydrogen) atoms. The Bertz CT molecular complexity index is 196. The van der Waals surface area contributed by atoms with Crippen molar-refractivity contribution in [1.29, 1.82) is 0 Å². The molecule has 0 heterocycles. The van der Waals surface area contributed by atoms with E-state index in [0.717, 1.165) is 0 Å². The molecular formula is C8H17N3O2. The van der Waals surface area contributed by atoms with E-state index in [1.54, 1.807) is 0 Å². The summed E-state index contributed by atoms with van der Waals surface area (Å²) in [4.78, 5) is 21.3. The summed E-state index contributed by atoms with van der Waals surface area (Å²) in [6, 6.07) is 0. The highest BCUT2D eigenvalue weighted by Gasteiger charge is 2.12. The molecule has 0 rings (SSSR count). The Morgan fingerprint density at radius 3 is 2.31 bits per heavy atom. The van der Waals surface area contributed by atoms with Crippen LogP contribution in [0.25, 0.3) is 0 Å². The largest absolute Gasteiger partial charge is 0.368 e. The molecule has 0 atom stereocenters. The van der Waals surface area contributed by atoms with Crippen LogP contribution in [0.3, 0.4) is 0 Å². The van der Waals surface area contributed by atoms with Crippen molar-refractivity contribution in [1.82, 2.24) is 5.32 Å². The summed E-state index contributed by atoms with van der Waals surface area (Å²) in [5, 5.41) is 2.39. The lowest BCUT2D eigenvalue weighted by atomic mass is 10.00. The van der Waals surface area contributed by atoms with Gasteiger partial charge in [0.05, 0.1) is 6.54 Å². The molecule has 0 saturated carbocycles. The molecule has 0 aliphatic heterocycles. The summed E-state index contributed by atoms with van der Waals surface area (Å²) in [5.41, 5.74) is 10.2. The van der Waals surface area contributed by atoms with Crippen molar-refractivity contribution >= 4 is 11.8 Å². The van der Waals surface area contributed by atoms with Crippen molar-refractivity contribution in [3.8, 4) is 0 Å². The molecule has 0 spiro atoms. The number of nitrogens with one attached hydrogen (secondary N) is 1. The minimum absolute atomic E-state index is 0.107. The molecule has 0 radical (unpaired) electrons. The van der Waals surface area contributed by atoms with Gasteiger partial charge in [-0.3, -0.25) is 9.59 Å². The van der Waals surface area contributed by atoms with Crippen molar-refractivity contribution in [2.24, 2.45) is 11.5 Å². The fourth-order valence-electron chi connectivity index (χ4n) is 0.710. The second-order valence-corrected chi connectivity index (χ2v) is 3.73. The van der Waals surface area contributed by atoms with Gasteiger partial charge in [0.25, 0.3) is 0 Å². The second kappa shape index (κ2) is 4.81. The van der Waals surface area contributed by atoms with Crippen LogP contribution in [0.4, 0.5) is 0 Å². The molecular weight excluding hydrogens is 170 g/mol. The number of nitrogens with two attached hydrogens (primary N) is 2. The highest BCUT2D eigenvalue weighted by Crippen LogP contribution is 2.06.